The van der Waals surface area contributed by atoms with Crippen molar-refractivity contribution < 1.29 is 24.2 Å². The van der Waals surface area contributed by atoms with Crippen molar-refractivity contribution in [3.05, 3.63) is 57.9 Å². The zero-order chi connectivity index (χ0) is 22.1. The van der Waals surface area contributed by atoms with E-state index in [-0.39, 0.29) is 11.2 Å². The Kier molecular flexibility index (Phi) is 5.69. The lowest BCUT2D eigenvalue weighted by atomic mass is 9.96. The minimum atomic E-state index is -0.807. The highest BCUT2D eigenvalue weighted by Gasteiger charge is 2.27. The first-order valence-electron chi connectivity index (χ1n) is 10.3. The third-order valence-corrected chi connectivity index (χ3v) is 5.96. The Morgan fingerprint density at radius 3 is 2.71 bits per heavy atom. The van der Waals surface area contributed by atoms with Crippen molar-refractivity contribution in [1.82, 2.24) is 4.90 Å². The molecule has 1 atom stereocenters. The summed E-state index contributed by atoms with van der Waals surface area (Å²) in [6, 6.07) is 8.73. The monoisotopic (exact) mass is 423 g/mol. The smallest absolute Gasteiger partial charge is 0.307 e. The number of ether oxygens (including phenoxy) is 1. The fraction of sp³-hybridized carbons (Fsp3) is 0.333. The van der Waals surface area contributed by atoms with Crippen LogP contribution in [0.3, 0.4) is 0 Å². The predicted octanol–water partition coefficient (Wildman–Crippen LogP) is 3.78. The van der Waals surface area contributed by atoms with E-state index in [4.69, 9.17) is 9.15 Å². The number of phenolic OH excluding ortho intramolecular Hbond substituents is 1. The molecule has 0 saturated carbocycles. The second-order valence-corrected chi connectivity index (χ2v) is 8.01. The Bertz CT molecular complexity index is 1180. The van der Waals surface area contributed by atoms with E-state index in [0.29, 0.717) is 58.5 Å². The SMILES string of the molecule is COc1ccc(-c2coc3c(CN4CCC[C@H](C(=O)O)C4)c(O)cc(C)c3c2=O)cc1. The molecule has 1 saturated heterocycles. The van der Waals surface area contributed by atoms with Gasteiger partial charge in [0.15, 0.2) is 0 Å². The number of phenols is 1. The lowest BCUT2D eigenvalue weighted by Crippen LogP contribution is -2.38. The zero-order valence-corrected chi connectivity index (χ0v) is 17.6. The van der Waals surface area contributed by atoms with Crippen molar-refractivity contribution in [3.63, 3.8) is 0 Å². The lowest BCUT2D eigenvalue weighted by Gasteiger charge is -2.30. The van der Waals surface area contributed by atoms with Crippen LogP contribution in [0.1, 0.15) is 24.0 Å². The molecule has 2 aromatic carbocycles. The van der Waals surface area contributed by atoms with Crippen molar-refractivity contribution in [1.29, 1.82) is 0 Å². The maximum Gasteiger partial charge on any atom is 0.307 e. The van der Waals surface area contributed by atoms with Gasteiger partial charge in [0, 0.05) is 13.1 Å². The Morgan fingerprint density at radius 1 is 1.29 bits per heavy atom. The van der Waals surface area contributed by atoms with E-state index in [9.17, 15) is 19.8 Å². The molecule has 7 nitrogen and oxygen atoms in total. The molecule has 1 aliphatic rings. The summed E-state index contributed by atoms with van der Waals surface area (Å²) in [6.45, 7) is 3.21. The maximum atomic E-state index is 13.3. The van der Waals surface area contributed by atoms with Gasteiger partial charge in [0.05, 0.1) is 29.5 Å². The van der Waals surface area contributed by atoms with Crippen molar-refractivity contribution in [2.24, 2.45) is 5.92 Å². The molecule has 31 heavy (non-hydrogen) atoms. The number of carboxylic acid groups (broad SMARTS) is 1. The van der Waals surface area contributed by atoms with Gasteiger partial charge in [0.25, 0.3) is 0 Å². The number of piperidine rings is 1. The standard InChI is InChI=1S/C24H25NO6/c1-14-10-20(26)18(12-25-9-3-4-16(11-25)24(28)29)23-21(14)22(27)19(13-31-23)15-5-7-17(30-2)8-6-15/h5-8,10,13,16,26H,3-4,9,11-12H2,1-2H3,(H,28,29)/t16-/m0/s1. The number of nitrogens with zero attached hydrogens (tertiary/aromatic N) is 1. The van der Waals surface area contributed by atoms with Gasteiger partial charge >= 0.3 is 5.97 Å². The first-order chi connectivity index (χ1) is 14.9. The molecule has 3 aromatic rings. The highest BCUT2D eigenvalue weighted by atomic mass is 16.5. The van der Waals surface area contributed by atoms with Crippen molar-refractivity contribution in [2.45, 2.75) is 26.3 Å². The molecule has 7 heteroatoms. The van der Waals surface area contributed by atoms with E-state index >= 15 is 0 Å². The summed E-state index contributed by atoms with van der Waals surface area (Å²) in [5.41, 5.74) is 2.45. The summed E-state index contributed by atoms with van der Waals surface area (Å²) in [7, 11) is 1.58. The Hall–Kier alpha value is -3.32. The van der Waals surface area contributed by atoms with Gasteiger partial charge in [-0.2, -0.15) is 0 Å². The molecular weight excluding hydrogens is 398 g/mol. The van der Waals surface area contributed by atoms with Crippen LogP contribution in [0.25, 0.3) is 22.1 Å². The summed E-state index contributed by atoms with van der Waals surface area (Å²) >= 11 is 0. The number of hydrogen-bond donors (Lipinski definition) is 2. The molecule has 1 fully saturated rings. The molecule has 0 spiro atoms. The number of benzene rings is 2. The number of fused-ring (bicyclic) bond motifs is 1. The molecule has 0 aliphatic carbocycles. The molecule has 1 aromatic heterocycles. The first kappa shape index (κ1) is 20.9. The minimum absolute atomic E-state index is 0.0443. The van der Waals surface area contributed by atoms with Crippen LogP contribution < -0.4 is 10.2 Å². The van der Waals surface area contributed by atoms with Crippen molar-refractivity contribution in [2.75, 3.05) is 20.2 Å². The number of aryl methyl sites for hydroxylation is 1. The van der Waals surface area contributed by atoms with Gasteiger partial charge < -0.3 is 19.4 Å². The van der Waals surface area contributed by atoms with Crippen LogP contribution in [0.5, 0.6) is 11.5 Å². The second-order valence-electron chi connectivity index (χ2n) is 8.01. The van der Waals surface area contributed by atoms with Crippen LogP contribution in [0.4, 0.5) is 0 Å². The van der Waals surface area contributed by atoms with Gasteiger partial charge in [-0.25, -0.2) is 0 Å². The number of methoxy groups -OCH3 is 1. The molecule has 2 N–H and O–H groups in total. The molecular formula is C24H25NO6. The van der Waals surface area contributed by atoms with Crippen LogP contribution in [0.2, 0.25) is 0 Å². The van der Waals surface area contributed by atoms with Crippen LogP contribution in [-0.2, 0) is 11.3 Å². The van der Waals surface area contributed by atoms with E-state index in [1.807, 2.05) is 4.90 Å². The number of carbonyl (C=O) groups is 1. The van der Waals surface area contributed by atoms with E-state index < -0.39 is 11.9 Å². The van der Waals surface area contributed by atoms with Crippen LogP contribution in [-0.4, -0.2) is 41.3 Å². The lowest BCUT2D eigenvalue weighted by molar-refractivity contribution is -0.143. The summed E-state index contributed by atoms with van der Waals surface area (Å²) in [5, 5.41) is 20.4. The summed E-state index contributed by atoms with van der Waals surface area (Å²) in [6.07, 6.45) is 2.84. The molecule has 0 unspecified atom stereocenters. The van der Waals surface area contributed by atoms with Gasteiger partial charge in [-0.05, 0) is 55.6 Å². The number of aliphatic carboxylic acids is 1. The third-order valence-electron chi connectivity index (χ3n) is 5.96. The highest BCUT2D eigenvalue weighted by molar-refractivity contribution is 5.88. The number of carboxylic acids is 1. The van der Waals surface area contributed by atoms with Crippen LogP contribution in [0.15, 0.2) is 45.8 Å². The van der Waals surface area contributed by atoms with Gasteiger partial charge in [0.1, 0.15) is 23.3 Å². The topological polar surface area (TPSA) is 100 Å². The second kappa shape index (κ2) is 8.43. The van der Waals surface area contributed by atoms with Crippen LogP contribution in [0, 0.1) is 12.8 Å². The normalized spacial score (nSPS) is 17.0. The van der Waals surface area contributed by atoms with E-state index in [1.54, 1.807) is 44.4 Å². The fourth-order valence-electron chi connectivity index (χ4n) is 4.28. The molecule has 0 radical (unpaired) electrons. The fourth-order valence-corrected chi connectivity index (χ4v) is 4.28. The molecule has 2 heterocycles. The summed E-state index contributed by atoms with van der Waals surface area (Å²) in [5.74, 6) is -0.499. The Labute approximate surface area is 179 Å². The zero-order valence-electron chi connectivity index (χ0n) is 17.6. The molecule has 0 amide bonds. The van der Waals surface area contributed by atoms with Gasteiger partial charge in [-0.3, -0.25) is 14.5 Å². The Morgan fingerprint density at radius 2 is 2.03 bits per heavy atom. The van der Waals surface area contributed by atoms with Crippen molar-refractivity contribution >= 4 is 16.9 Å². The van der Waals surface area contributed by atoms with E-state index in [0.717, 1.165) is 13.0 Å². The minimum Gasteiger partial charge on any atom is -0.507 e. The van der Waals surface area contributed by atoms with Gasteiger partial charge in [0.2, 0.25) is 5.43 Å². The van der Waals surface area contributed by atoms with E-state index in [1.165, 1.54) is 6.26 Å². The Balaban J connectivity index is 1.76. The van der Waals surface area contributed by atoms with Crippen molar-refractivity contribution in [3.8, 4) is 22.6 Å². The van der Waals surface area contributed by atoms with Gasteiger partial charge in [-0.15, -0.1) is 0 Å². The van der Waals surface area contributed by atoms with Gasteiger partial charge in [-0.1, -0.05) is 12.1 Å². The average molecular weight is 423 g/mol. The third kappa shape index (κ3) is 4.01. The maximum absolute atomic E-state index is 13.3. The van der Waals surface area contributed by atoms with Crippen LogP contribution >= 0.6 is 0 Å². The predicted molar refractivity (Wildman–Crippen MR) is 117 cm³/mol. The number of rotatable bonds is 5. The van der Waals surface area contributed by atoms with E-state index in [2.05, 4.69) is 0 Å². The molecule has 162 valence electrons. The number of aromatic hydroxyl groups is 1. The summed E-state index contributed by atoms with van der Waals surface area (Å²) in [4.78, 5) is 26.7. The number of likely N-dealkylation sites (tertiary alicyclic amines) is 1. The number of hydrogen-bond acceptors (Lipinski definition) is 6. The summed E-state index contributed by atoms with van der Waals surface area (Å²) < 4.78 is 11.1. The molecule has 4 rings (SSSR count). The molecule has 1 aliphatic heterocycles. The average Bonchev–Trinajstić information content (AvgIpc) is 2.76. The quantitative estimate of drug-likeness (QED) is 0.644. The highest BCUT2D eigenvalue weighted by Crippen LogP contribution is 2.33. The molecule has 0 bridgehead atoms. The first-order valence-corrected chi connectivity index (χ1v) is 10.3. The largest absolute Gasteiger partial charge is 0.507 e.